The lowest BCUT2D eigenvalue weighted by Gasteiger charge is -1.79. The van der Waals surface area contributed by atoms with Gasteiger partial charge in [-0.05, 0) is 0 Å². The summed E-state index contributed by atoms with van der Waals surface area (Å²) in [7, 11) is 0. The van der Waals surface area contributed by atoms with E-state index in [9.17, 15) is 4.79 Å². The standard InChI is InChI=1S/C3H5N2O/c4-1-3(6)2-5/h1H,4-5H2. The van der Waals surface area contributed by atoms with E-state index in [1.807, 2.05) is 0 Å². The summed E-state index contributed by atoms with van der Waals surface area (Å²) in [4.78, 5) is 9.76. The molecule has 0 aromatic rings. The van der Waals surface area contributed by atoms with E-state index in [1.54, 1.807) is 6.54 Å². The van der Waals surface area contributed by atoms with Gasteiger partial charge in [0.2, 0.25) is 0 Å². The fraction of sp³-hybridized carbons (Fsp3) is 0. The topological polar surface area (TPSA) is 69.1 Å². The van der Waals surface area contributed by atoms with Gasteiger partial charge in [0.15, 0.2) is 5.78 Å². The molecule has 0 bridgehead atoms. The van der Waals surface area contributed by atoms with Gasteiger partial charge >= 0.3 is 0 Å². The van der Waals surface area contributed by atoms with Gasteiger partial charge in [-0.3, -0.25) is 4.79 Å². The Morgan fingerprint density at radius 3 is 2.33 bits per heavy atom. The molecule has 0 aliphatic heterocycles. The van der Waals surface area contributed by atoms with E-state index >= 15 is 0 Å². The van der Waals surface area contributed by atoms with Gasteiger partial charge in [-0.1, -0.05) is 0 Å². The summed E-state index contributed by atoms with van der Waals surface area (Å²) in [6, 6.07) is 0. The van der Waals surface area contributed by atoms with Crippen molar-refractivity contribution in [2.24, 2.45) is 11.5 Å². The molecule has 3 heteroatoms. The number of rotatable bonds is 2. The molecule has 0 saturated heterocycles. The van der Waals surface area contributed by atoms with Crippen LogP contribution in [0.5, 0.6) is 0 Å². The van der Waals surface area contributed by atoms with Crippen molar-refractivity contribution in [1.29, 1.82) is 0 Å². The number of carbonyl (C=O) groups is 1. The lowest BCUT2D eigenvalue weighted by molar-refractivity contribution is -0.113. The van der Waals surface area contributed by atoms with Crippen LogP contribution in [0.3, 0.4) is 0 Å². The molecule has 0 aliphatic rings. The van der Waals surface area contributed by atoms with E-state index in [4.69, 9.17) is 0 Å². The van der Waals surface area contributed by atoms with Crippen LogP contribution in [0, 0.1) is 13.1 Å². The molecule has 3 radical (unpaired) electrons. The fourth-order valence-corrected chi connectivity index (χ4v) is 0.0481. The van der Waals surface area contributed by atoms with Gasteiger partial charge in [0, 0.05) is 0 Å². The van der Waals surface area contributed by atoms with Gasteiger partial charge in [-0.25, -0.2) is 0 Å². The summed E-state index contributed by atoms with van der Waals surface area (Å²) in [6.45, 7) is 2.64. The molecule has 0 spiro atoms. The molecule has 0 amide bonds. The van der Waals surface area contributed by atoms with E-state index in [0.29, 0.717) is 0 Å². The van der Waals surface area contributed by atoms with Crippen molar-refractivity contribution in [3.8, 4) is 0 Å². The second kappa shape index (κ2) is 2.81. The average Bonchev–Trinajstić information content (AvgIpc) is 1.65. The molecule has 33 valence electrons. The minimum Gasteiger partial charge on any atom is -0.320 e. The zero-order chi connectivity index (χ0) is 4.99. The zero-order valence-corrected chi connectivity index (χ0v) is 3.14. The molecule has 0 rings (SSSR count). The summed E-state index contributed by atoms with van der Waals surface area (Å²) in [5, 5.41) is 0. The van der Waals surface area contributed by atoms with Gasteiger partial charge in [-0.15, -0.1) is 0 Å². The fourth-order valence-electron chi connectivity index (χ4n) is 0.0481. The van der Waals surface area contributed by atoms with E-state index in [-0.39, 0.29) is 0 Å². The van der Waals surface area contributed by atoms with Crippen molar-refractivity contribution in [1.82, 2.24) is 0 Å². The van der Waals surface area contributed by atoms with Crippen LogP contribution in [-0.4, -0.2) is 5.78 Å². The first-order valence-corrected chi connectivity index (χ1v) is 1.36. The van der Waals surface area contributed by atoms with Gasteiger partial charge in [0.25, 0.3) is 0 Å². The molecule has 0 aromatic carbocycles. The molecule has 0 unspecified atom stereocenters. The third kappa shape index (κ3) is 1.87. The first-order valence-electron chi connectivity index (χ1n) is 1.36. The van der Waals surface area contributed by atoms with Crippen LogP contribution in [0.25, 0.3) is 0 Å². The summed E-state index contributed by atoms with van der Waals surface area (Å²) < 4.78 is 0. The molecular weight excluding hydrogens is 80.0 g/mol. The molecule has 3 nitrogen and oxygen atoms in total. The number of Topliss-reactive ketones (excluding diaryl/α,β-unsaturated/α-hetero) is 1. The Morgan fingerprint density at radius 2 is 2.33 bits per heavy atom. The lowest BCUT2D eigenvalue weighted by atomic mass is 10.4. The lowest BCUT2D eigenvalue weighted by Crippen LogP contribution is -2.11. The normalized spacial score (nSPS) is 8.33. The highest BCUT2D eigenvalue weighted by Crippen LogP contribution is 1.66. The van der Waals surface area contributed by atoms with E-state index < -0.39 is 5.78 Å². The number of hydrogen-bond acceptors (Lipinski definition) is 3. The van der Waals surface area contributed by atoms with Crippen molar-refractivity contribution >= 4 is 5.78 Å². The van der Waals surface area contributed by atoms with Crippen molar-refractivity contribution in [3.05, 3.63) is 13.1 Å². The van der Waals surface area contributed by atoms with Gasteiger partial charge in [-0.2, -0.15) is 0 Å². The van der Waals surface area contributed by atoms with Crippen LogP contribution in [0.1, 0.15) is 0 Å². The first-order chi connectivity index (χ1) is 2.81. The zero-order valence-electron chi connectivity index (χ0n) is 3.14. The molecule has 0 heterocycles. The molecule has 0 aliphatic carbocycles. The van der Waals surface area contributed by atoms with E-state index in [2.05, 4.69) is 11.5 Å². The first kappa shape index (κ1) is 5.59. The highest BCUT2D eigenvalue weighted by molar-refractivity contribution is 5.92. The van der Waals surface area contributed by atoms with Crippen LogP contribution in [0.2, 0.25) is 0 Å². The Morgan fingerprint density at radius 1 is 1.83 bits per heavy atom. The predicted octanol–water partition coefficient (Wildman–Crippen LogP) is -1.33. The number of nitrogens with two attached hydrogens (primary N) is 2. The van der Waals surface area contributed by atoms with Gasteiger partial charge < -0.3 is 11.5 Å². The third-order valence-electron chi connectivity index (χ3n) is 0.294. The maximum absolute atomic E-state index is 9.76. The maximum Gasteiger partial charge on any atom is 0.176 e. The maximum atomic E-state index is 9.76. The Bertz CT molecular complexity index is 46.8. The summed E-state index contributed by atoms with van der Waals surface area (Å²) >= 11 is 0. The van der Waals surface area contributed by atoms with Crippen LogP contribution >= 0.6 is 0 Å². The van der Waals surface area contributed by atoms with Crippen molar-refractivity contribution < 1.29 is 4.79 Å². The number of ketones is 1. The Balaban J connectivity index is 2.99. The SMILES string of the molecule is N[C]C(=O)[CH]N. The van der Waals surface area contributed by atoms with Gasteiger partial charge in [0.05, 0.1) is 6.54 Å². The predicted molar refractivity (Wildman–Crippen MR) is 20.9 cm³/mol. The van der Waals surface area contributed by atoms with Crippen LogP contribution < -0.4 is 11.5 Å². The van der Waals surface area contributed by atoms with E-state index in [1.165, 1.54) is 0 Å². The van der Waals surface area contributed by atoms with Crippen molar-refractivity contribution in [3.63, 3.8) is 0 Å². The monoisotopic (exact) mass is 85.0 g/mol. The Kier molecular flexibility index (Phi) is 2.62. The highest BCUT2D eigenvalue weighted by atomic mass is 16.1. The second-order valence-electron chi connectivity index (χ2n) is 0.675. The highest BCUT2D eigenvalue weighted by Gasteiger charge is 1.90. The molecule has 4 N–H and O–H groups in total. The summed E-state index contributed by atoms with van der Waals surface area (Å²) in [5.41, 5.74) is 9.24. The van der Waals surface area contributed by atoms with E-state index in [0.717, 1.165) is 6.54 Å². The van der Waals surface area contributed by atoms with Gasteiger partial charge in [0.1, 0.15) is 6.54 Å². The Hall–Kier alpha value is -0.410. The molecule has 0 saturated carbocycles. The number of carbonyl (C=O) groups excluding carboxylic acids is 1. The summed E-state index contributed by atoms with van der Waals surface area (Å²) in [5.74, 6) is -0.477. The van der Waals surface area contributed by atoms with Crippen LogP contribution in [-0.2, 0) is 4.79 Å². The van der Waals surface area contributed by atoms with Crippen molar-refractivity contribution in [2.75, 3.05) is 0 Å². The quantitative estimate of drug-likeness (QED) is 0.408. The molecule has 0 atom stereocenters. The smallest absolute Gasteiger partial charge is 0.176 e. The third-order valence-corrected chi connectivity index (χ3v) is 0.294. The molecule has 6 heavy (non-hydrogen) atoms. The minimum atomic E-state index is -0.477. The molecular formula is C3H5N2O. The molecule has 0 aromatic heterocycles. The largest absolute Gasteiger partial charge is 0.320 e. The number of hydrogen-bond donors (Lipinski definition) is 2. The van der Waals surface area contributed by atoms with Crippen LogP contribution in [0.4, 0.5) is 0 Å². The Labute approximate surface area is 36.3 Å². The van der Waals surface area contributed by atoms with Crippen molar-refractivity contribution in [2.45, 2.75) is 0 Å². The average molecular weight is 85.1 g/mol. The minimum absolute atomic E-state index is 0.477. The second-order valence-corrected chi connectivity index (χ2v) is 0.675. The molecule has 0 fully saturated rings. The summed E-state index contributed by atoms with van der Waals surface area (Å²) in [6.07, 6.45) is 0. The van der Waals surface area contributed by atoms with Crippen LogP contribution in [0.15, 0.2) is 0 Å².